The van der Waals surface area contributed by atoms with Crippen LogP contribution in [0, 0.1) is 0 Å². The maximum atomic E-state index is 5.39. The average Bonchev–Trinajstić information content (AvgIpc) is 1.65. The summed E-state index contributed by atoms with van der Waals surface area (Å²) < 4.78 is 0. The molecule has 0 aromatic heterocycles. The number of halogens is 2. The lowest BCUT2D eigenvalue weighted by atomic mass is 10.5. The summed E-state index contributed by atoms with van der Waals surface area (Å²) in [4.78, 5) is 0. The van der Waals surface area contributed by atoms with Crippen molar-refractivity contribution in [1.29, 1.82) is 0 Å². The number of rotatable bonds is 1. The molecule has 2 N–H and O–H groups in total. The van der Waals surface area contributed by atoms with Gasteiger partial charge in [-0.1, -0.05) is 17.7 Å². The van der Waals surface area contributed by atoms with Crippen LogP contribution in [0.4, 0.5) is 0 Å². The minimum atomic E-state index is 0. The largest absolute Gasteiger partial charge is 0.326 e. The molecule has 44 valence electrons. The molecule has 1 nitrogen and oxygen atoms in total. The Kier molecular flexibility index (Phi) is 9.24. The van der Waals surface area contributed by atoms with Crippen LogP contribution in [0.2, 0.25) is 0 Å². The molecule has 0 atom stereocenters. The smallest absolute Gasteiger partial charge is 0.0284 e. The second-order valence-electron chi connectivity index (χ2n) is 0.940. The van der Waals surface area contributed by atoms with Gasteiger partial charge in [-0.15, -0.1) is 12.4 Å². The Labute approximate surface area is 54.9 Å². The lowest BCUT2D eigenvalue weighted by Gasteiger charge is -1.82. The van der Waals surface area contributed by atoms with Crippen LogP contribution in [0.5, 0.6) is 0 Å². The molecule has 0 aromatic carbocycles. The van der Waals surface area contributed by atoms with Crippen LogP contribution in [0.1, 0.15) is 6.92 Å². The molecule has 0 aliphatic heterocycles. The maximum absolute atomic E-state index is 5.39. The third kappa shape index (κ3) is 6.28. The SMILES string of the molecule is C/C=C(/Cl)CN.Cl. The summed E-state index contributed by atoms with van der Waals surface area (Å²) in [5, 5.41) is 0.718. The number of hydrogen-bond acceptors (Lipinski definition) is 1. The van der Waals surface area contributed by atoms with Crippen LogP contribution in [0.25, 0.3) is 0 Å². The molecule has 0 saturated carbocycles. The van der Waals surface area contributed by atoms with Crippen molar-refractivity contribution >= 4 is 24.0 Å². The molecule has 7 heavy (non-hydrogen) atoms. The van der Waals surface area contributed by atoms with Crippen LogP contribution in [-0.2, 0) is 0 Å². The highest BCUT2D eigenvalue weighted by Crippen LogP contribution is 1.93. The summed E-state index contributed by atoms with van der Waals surface area (Å²) in [7, 11) is 0. The molecule has 0 aliphatic carbocycles. The van der Waals surface area contributed by atoms with Crippen molar-refractivity contribution in [3.63, 3.8) is 0 Å². The van der Waals surface area contributed by atoms with E-state index in [9.17, 15) is 0 Å². The van der Waals surface area contributed by atoms with E-state index in [2.05, 4.69) is 0 Å². The van der Waals surface area contributed by atoms with Gasteiger partial charge in [-0.2, -0.15) is 0 Å². The first-order valence-electron chi connectivity index (χ1n) is 1.82. The number of hydrogen-bond donors (Lipinski definition) is 1. The zero-order valence-electron chi connectivity index (χ0n) is 4.15. The van der Waals surface area contributed by atoms with Gasteiger partial charge in [0.05, 0.1) is 0 Å². The van der Waals surface area contributed by atoms with Crippen molar-refractivity contribution in [2.45, 2.75) is 6.92 Å². The Morgan fingerprint density at radius 1 is 1.86 bits per heavy atom. The van der Waals surface area contributed by atoms with Crippen LogP contribution < -0.4 is 5.73 Å². The number of nitrogens with two attached hydrogens (primary N) is 1. The Balaban J connectivity index is 0. The van der Waals surface area contributed by atoms with Gasteiger partial charge >= 0.3 is 0 Å². The van der Waals surface area contributed by atoms with E-state index in [0.717, 1.165) is 5.03 Å². The summed E-state index contributed by atoms with van der Waals surface area (Å²) in [6, 6.07) is 0. The van der Waals surface area contributed by atoms with E-state index in [4.69, 9.17) is 17.3 Å². The van der Waals surface area contributed by atoms with Crippen LogP contribution in [0.3, 0.4) is 0 Å². The summed E-state index contributed by atoms with van der Waals surface area (Å²) >= 11 is 5.39. The van der Waals surface area contributed by atoms with Gasteiger partial charge < -0.3 is 5.73 Å². The summed E-state index contributed by atoms with van der Waals surface area (Å²) in [6.07, 6.45) is 1.78. The maximum Gasteiger partial charge on any atom is 0.0284 e. The summed E-state index contributed by atoms with van der Waals surface area (Å²) in [5.74, 6) is 0. The van der Waals surface area contributed by atoms with E-state index in [-0.39, 0.29) is 12.4 Å². The Bertz CT molecular complexity index is 60.7. The average molecular weight is 142 g/mol. The quantitative estimate of drug-likeness (QED) is 0.589. The lowest BCUT2D eigenvalue weighted by Crippen LogP contribution is -1.96. The molecule has 0 unspecified atom stereocenters. The van der Waals surface area contributed by atoms with Gasteiger partial charge in [-0.25, -0.2) is 0 Å². The number of allylic oxidation sites excluding steroid dienone is 1. The fraction of sp³-hybridized carbons (Fsp3) is 0.500. The van der Waals surface area contributed by atoms with Gasteiger partial charge in [0.1, 0.15) is 0 Å². The second kappa shape index (κ2) is 6.28. The summed E-state index contributed by atoms with van der Waals surface area (Å²) in [5.41, 5.74) is 5.08. The Morgan fingerprint density at radius 3 is 2.29 bits per heavy atom. The Morgan fingerprint density at radius 2 is 2.29 bits per heavy atom. The Hall–Kier alpha value is 0.280. The molecule has 0 aliphatic rings. The molecular formula is C4H9Cl2N. The van der Waals surface area contributed by atoms with Crippen LogP contribution in [-0.4, -0.2) is 6.54 Å². The van der Waals surface area contributed by atoms with Crippen molar-refractivity contribution < 1.29 is 0 Å². The molecule has 0 heterocycles. The van der Waals surface area contributed by atoms with Crippen LogP contribution in [0.15, 0.2) is 11.1 Å². The van der Waals surface area contributed by atoms with Gasteiger partial charge in [0, 0.05) is 11.6 Å². The van der Waals surface area contributed by atoms with Gasteiger partial charge in [-0.05, 0) is 6.92 Å². The third-order valence-electron chi connectivity index (χ3n) is 0.508. The first-order valence-corrected chi connectivity index (χ1v) is 2.19. The normalized spacial score (nSPS) is 10.4. The lowest BCUT2D eigenvalue weighted by molar-refractivity contribution is 1.22. The highest BCUT2D eigenvalue weighted by Gasteiger charge is 1.76. The highest BCUT2D eigenvalue weighted by molar-refractivity contribution is 6.29. The van der Waals surface area contributed by atoms with E-state index in [1.165, 1.54) is 0 Å². The molecule has 0 spiro atoms. The zero-order valence-corrected chi connectivity index (χ0v) is 5.72. The molecular weight excluding hydrogens is 133 g/mol. The molecule has 0 amide bonds. The molecule has 3 heteroatoms. The first-order chi connectivity index (χ1) is 2.81. The molecule has 0 bridgehead atoms. The predicted molar refractivity (Wildman–Crippen MR) is 35.9 cm³/mol. The monoisotopic (exact) mass is 141 g/mol. The van der Waals surface area contributed by atoms with Crippen molar-refractivity contribution in [3.05, 3.63) is 11.1 Å². The van der Waals surface area contributed by atoms with Crippen molar-refractivity contribution in [3.8, 4) is 0 Å². The van der Waals surface area contributed by atoms with Gasteiger partial charge in [-0.3, -0.25) is 0 Å². The minimum absolute atomic E-state index is 0. The summed E-state index contributed by atoms with van der Waals surface area (Å²) in [6.45, 7) is 2.31. The fourth-order valence-corrected chi connectivity index (χ4v) is 0.118. The van der Waals surface area contributed by atoms with Gasteiger partial charge in [0.15, 0.2) is 0 Å². The molecule has 0 radical (unpaired) electrons. The molecule has 0 saturated heterocycles. The van der Waals surface area contributed by atoms with Crippen molar-refractivity contribution in [1.82, 2.24) is 0 Å². The zero-order chi connectivity index (χ0) is 4.99. The van der Waals surface area contributed by atoms with E-state index in [1.807, 2.05) is 6.92 Å². The van der Waals surface area contributed by atoms with E-state index < -0.39 is 0 Å². The highest BCUT2D eigenvalue weighted by atomic mass is 35.5. The molecule has 0 aromatic rings. The second-order valence-corrected chi connectivity index (χ2v) is 1.43. The van der Waals surface area contributed by atoms with Gasteiger partial charge in [0.2, 0.25) is 0 Å². The minimum Gasteiger partial charge on any atom is -0.326 e. The van der Waals surface area contributed by atoms with Crippen molar-refractivity contribution in [2.24, 2.45) is 5.73 Å². The van der Waals surface area contributed by atoms with E-state index in [1.54, 1.807) is 6.08 Å². The standard InChI is InChI=1S/C4H8ClN.ClH/c1-2-4(5)3-6;/h2H,3,6H2,1H3;1H/b4-2+;. The molecule has 0 rings (SSSR count). The van der Waals surface area contributed by atoms with Crippen molar-refractivity contribution in [2.75, 3.05) is 6.54 Å². The van der Waals surface area contributed by atoms with E-state index in [0.29, 0.717) is 6.54 Å². The molecule has 0 fully saturated rings. The predicted octanol–water partition coefficient (Wildman–Crippen LogP) is 1.51. The van der Waals surface area contributed by atoms with Gasteiger partial charge in [0.25, 0.3) is 0 Å². The van der Waals surface area contributed by atoms with Crippen LogP contribution >= 0.6 is 24.0 Å². The fourth-order valence-electron chi connectivity index (χ4n) is 0.118. The third-order valence-corrected chi connectivity index (χ3v) is 0.881. The van der Waals surface area contributed by atoms with E-state index >= 15 is 0 Å². The first kappa shape index (κ1) is 10.3. The topological polar surface area (TPSA) is 26.0 Å².